The number of urea groups is 1. The molecule has 0 heterocycles. The molecule has 2 rings (SSSR count). The molecular formula is C18H29N3O2. The zero-order valence-corrected chi connectivity index (χ0v) is 14.4. The summed E-state index contributed by atoms with van der Waals surface area (Å²) in [7, 11) is 4.04. The van der Waals surface area contributed by atoms with Crippen molar-refractivity contribution < 1.29 is 9.90 Å². The van der Waals surface area contributed by atoms with Crippen LogP contribution in [0.4, 0.5) is 10.5 Å². The third-order valence-corrected chi connectivity index (χ3v) is 4.72. The number of hydrogen-bond acceptors (Lipinski definition) is 3. The van der Waals surface area contributed by atoms with Gasteiger partial charge in [0.2, 0.25) is 0 Å². The third-order valence-electron chi connectivity index (χ3n) is 4.72. The first-order valence-electron chi connectivity index (χ1n) is 8.41. The number of carbonyl (C=O) groups excluding carboxylic acids is 1. The molecule has 1 fully saturated rings. The zero-order valence-electron chi connectivity index (χ0n) is 14.4. The first kappa shape index (κ1) is 17.6. The number of hydrogen-bond donors (Lipinski definition) is 3. The minimum Gasteiger partial charge on any atom is -0.396 e. The Hall–Kier alpha value is -1.75. The molecule has 23 heavy (non-hydrogen) atoms. The summed E-state index contributed by atoms with van der Waals surface area (Å²) in [5.41, 5.74) is 3.48. The highest BCUT2D eigenvalue weighted by atomic mass is 16.3. The topological polar surface area (TPSA) is 64.6 Å². The number of benzene rings is 1. The van der Waals surface area contributed by atoms with Crippen LogP contribution < -0.4 is 15.5 Å². The first-order valence-corrected chi connectivity index (χ1v) is 8.41. The minimum atomic E-state index is -0.103. The van der Waals surface area contributed by atoms with Crippen LogP contribution in [0.3, 0.4) is 0 Å². The van der Waals surface area contributed by atoms with E-state index in [0.29, 0.717) is 12.5 Å². The molecule has 128 valence electrons. The summed E-state index contributed by atoms with van der Waals surface area (Å²) in [5, 5.41) is 15.1. The van der Waals surface area contributed by atoms with Gasteiger partial charge in [-0.1, -0.05) is 6.07 Å². The lowest BCUT2D eigenvalue weighted by molar-refractivity contribution is 0.174. The zero-order chi connectivity index (χ0) is 16.8. The molecule has 0 spiro atoms. The van der Waals surface area contributed by atoms with Crippen molar-refractivity contribution in [1.29, 1.82) is 0 Å². The minimum absolute atomic E-state index is 0.103. The van der Waals surface area contributed by atoms with Gasteiger partial charge in [-0.2, -0.15) is 0 Å². The predicted molar refractivity (Wildman–Crippen MR) is 93.7 cm³/mol. The monoisotopic (exact) mass is 319 g/mol. The van der Waals surface area contributed by atoms with Crippen LogP contribution in [0.15, 0.2) is 18.2 Å². The molecule has 0 aromatic heterocycles. The fourth-order valence-corrected chi connectivity index (χ4v) is 3.06. The lowest BCUT2D eigenvalue weighted by atomic mass is 9.87. The smallest absolute Gasteiger partial charge is 0.315 e. The molecule has 0 radical (unpaired) electrons. The Morgan fingerprint density at radius 3 is 2.52 bits per heavy atom. The Balaban J connectivity index is 1.78. The lowest BCUT2D eigenvalue weighted by Gasteiger charge is -2.28. The molecule has 1 aromatic carbocycles. The number of rotatable bonds is 5. The van der Waals surface area contributed by atoms with Gasteiger partial charge in [0.1, 0.15) is 0 Å². The number of amides is 2. The van der Waals surface area contributed by atoms with Gasteiger partial charge in [0.25, 0.3) is 0 Å². The maximum absolute atomic E-state index is 12.0. The van der Waals surface area contributed by atoms with Gasteiger partial charge in [0.05, 0.1) is 0 Å². The fraction of sp³-hybridized carbons (Fsp3) is 0.611. The standard InChI is InChI=1S/C18H29N3O2/c1-13-10-17(21(2)3)9-6-15(13)11-19-18(23)20-16-7-4-14(12-22)5-8-16/h6,9-10,14,16,22H,4-5,7-8,11-12H2,1-3H3,(H2,19,20,23). The first-order chi connectivity index (χ1) is 11.0. The van der Waals surface area contributed by atoms with Crippen molar-refractivity contribution in [2.24, 2.45) is 5.92 Å². The van der Waals surface area contributed by atoms with Crippen LogP contribution in [-0.4, -0.2) is 37.9 Å². The van der Waals surface area contributed by atoms with Crippen molar-refractivity contribution >= 4 is 11.7 Å². The van der Waals surface area contributed by atoms with Gasteiger partial charge in [-0.05, 0) is 61.8 Å². The van der Waals surface area contributed by atoms with Gasteiger partial charge in [0.15, 0.2) is 0 Å². The summed E-state index contributed by atoms with van der Waals surface area (Å²) in [6.45, 7) is 2.87. The van der Waals surface area contributed by atoms with E-state index in [2.05, 4.69) is 40.7 Å². The van der Waals surface area contributed by atoms with Crippen LogP contribution in [-0.2, 0) is 6.54 Å². The van der Waals surface area contributed by atoms with Crippen molar-refractivity contribution in [2.45, 2.75) is 45.2 Å². The average molecular weight is 319 g/mol. The van der Waals surface area contributed by atoms with Crippen molar-refractivity contribution in [1.82, 2.24) is 10.6 Å². The largest absolute Gasteiger partial charge is 0.396 e. The molecule has 1 saturated carbocycles. The molecule has 1 aliphatic carbocycles. The number of carbonyl (C=O) groups is 1. The number of aliphatic hydroxyl groups is 1. The van der Waals surface area contributed by atoms with E-state index < -0.39 is 0 Å². The Morgan fingerprint density at radius 2 is 1.96 bits per heavy atom. The molecule has 3 N–H and O–H groups in total. The highest BCUT2D eigenvalue weighted by molar-refractivity contribution is 5.74. The van der Waals surface area contributed by atoms with E-state index in [4.69, 9.17) is 5.11 Å². The van der Waals surface area contributed by atoms with Gasteiger partial charge < -0.3 is 20.6 Å². The van der Waals surface area contributed by atoms with Crippen LogP contribution >= 0.6 is 0 Å². The second-order valence-corrected chi connectivity index (χ2v) is 6.73. The van der Waals surface area contributed by atoms with Crippen molar-refractivity contribution in [3.63, 3.8) is 0 Å². The summed E-state index contributed by atoms with van der Waals surface area (Å²) < 4.78 is 0. The van der Waals surface area contributed by atoms with Gasteiger partial charge in [-0.15, -0.1) is 0 Å². The van der Waals surface area contributed by atoms with Crippen molar-refractivity contribution in [3.8, 4) is 0 Å². The van der Waals surface area contributed by atoms with Crippen LogP contribution in [0.5, 0.6) is 0 Å². The second-order valence-electron chi connectivity index (χ2n) is 6.73. The Kier molecular flexibility index (Phi) is 6.28. The Labute approximate surface area is 139 Å². The molecular weight excluding hydrogens is 290 g/mol. The van der Waals surface area contributed by atoms with Crippen LogP contribution in [0.2, 0.25) is 0 Å². The summed E-state index contributed by atoms with van der Waals surface area (Å²) in [5.74, 6) is 0.411. The quantitative estimate of drug-likeness (QED) is 0.781. The number of aryl methyl sites for hydroxylation is 1. The van der Waals surface area contributed by atoms with Crippen molar-refractivity contribution in [3.05, 3.63) is 29.3 Å². The van der Waals surface area contributed by atoms with Crippen LogP contribution in [0.25, 0.3) is 0 Å². The molecule has 1 aliphatic rings. The summed E-state index contributed by atoms with van der Waals surface area (Å²) >= 11 is 0. The lowest BCUT2D eigenvalue weighted by Crippen LogP contribution is -2.43. The number of nitrogens with zero attached hydrogens (tertiary/aromatic N) is 1. The predicted octanol–water partition coefficient (Wildman–Crippen LogP) is 2.41. The average Bonchev–Trinajstić information content (AvgIpc) is 2.54. The molecule has 5 nitrogen and oxygen atoms in total. The second kappa shape index (κ2) is 8.20. The summed E-state index contributed by atoms with van der Waals surface area (Å²) in [6, 6.07) is 6.39. The molecule has 5 heteroatoms. The molecule has 0 saturated heterocycles. The highest BCUT2D eigenvalue weighted by Crippen LogP contribution is 2.23. The van der Waals surface area contributed by atoms with Gasteiger partial charge in [-0.25, -0.2) is 4.79 Å². The van der Waals surface area contributed by atoms with E-state index in [1.165, 1.54) is 5.56 Å². The van der Waals surface area contributed by atoms with E-state index in [1.54, 1.807) is 0 Å². The number of anilines is 1. The van der Waals surface area contributed by atoms with E-state index in [-0.39, 0.29) is 18.7 Å². The van der Waals surface area contributed by atoms with Gasteiger partial charge >= 0.3 is 6.03 Å². The van der Waals surface area contributed by atoms with E-state index in [9.17, 15) is 4.79 Å². The summed E-state index contributed by atoms with van der Waals surface area (Å²) in [6.07, 6.45) is 3.89. The maximum Gasteiger partial charge on any atom is 0.315 e. The van der Waals surface area contributed by atoms with Gasteiger partial charge in [-0.3, -0.25) is 0 Å². The molecule has 0 atom stereocenters. The molecule has 2 amide bonds. The van der Waals surface area contributed by atoms with Crippen LogP contribution in [0.1, 0.15) is 36.8 Å². The van der Waals surface area contributed by atoms with Gasteiger partial charge in [0, 0.05) is 39.0 Å². The molecule has 1 aromatic rings. The number of aliphatic hydroxyl groups excluding tert-OH is 1. The maximum atomic E-state index is 12.0. The SMILES string of the molecule is Cc1cc(N(C)C)ccc1CNC(=O)NC1CCC(CO)CC1. The van der Waals surface area contributed by atoms with E-state index in [1.807, 2.05) is 14.1 Å². The Bertz CT molecular complexity index is 523. The molecule has 0 aliphatic heterocycles. The van der Waals surface area contributed by atoms with Crippen LogP contribution in [0, 0.1) is 12.8 Å². The van der Waals surface area contributed by atoms with E-state index in [0.717, 1.165) is 36.9 Å². The summed E-state index contributed by atoms with van der Waals surface area (Å²) in [4.78, 5) is 14.1. The molecule has 0 bridgehead atoms. The fourth-order valence-electron chi connectivity index (χ4n) is 3.06. The highest BCUT2D eigenvalue weighted by Gasteiger charge is 2.21. The van der Waals surface area contributed by atoms with E-state index >= 15 is 0 Å². The number of nitrogens with one attached hydrogen (secondary N) is 2. The normalized spacial score (nSPS) is 20.9. The molecule has 0 unspecified atom stereocenters. The van der Waals surface area contributed by atoms with Crippen molar-refractivity contribution in [2.75, 3.05) is 25.6 Å². The Morgan fingerprint density at radius 1 is 1.26 bits per heavy atom. The third kappa shape index (κ3) is 5.13.